The summed E-state index contributed by atoms with van der Waals surface area (Å²) in [6.07, 6.45) is 7.83. The van der Waals surface area contributed by atoms with Gasteiger partial charge in [-0.15, -0.1) is 0 Å². The summed E-state index contributed by atoms with van der Waals surface area (Å²) < 4.78 is 1.98. The van der Waals surface area contributed by atoms with E-state index in [9.17, 15) is 5.11 Å². The number of anilines is 1. The van der Waals surface area contributed by atoms with Crippen LogP contribution in [0, 0.1) is 5.92 Å². The van der Waals surface area contributed by atoms with Crippen LogP contribution >= 0.6 is 0 Å². The van der Waals surface area contributed by atoms with Crippen LogP contribution < -0.4 is 5.32 Å². The number of imidazole rings is 1. The molecule has 1 aliphatic carbocycles. The number of aliphatic hydroxyl groups excluding tert-OH is 1. The Morgan fingerprint density at radius 3 is 2.80 bits per heavy atom. The van der Waals surface area contributed by atoms with Crippen LogP contribution in [0.3, 0.4) is 0 Å². The average Bonchev–Trinajstić information content (AvgIpc) is 2.63. The molecule has 2 rings (SSSR count). The fraction of sp³-hybridized carbons (Fsp3) is 0.727. The van der Waals surface area contributed by atoms with Crippen molar-refractivity contribution < 1.29 is 5.11 Å². The summed E-state index contributed by atoms with van der Waals surface area (Å²) in [6, 6.07) is 0. The zero-order valence-electron chi connectivity index (χ0n) is 9.19. The zero-order valence-corrected chi connectivity index (χ0v) is 9.19. The van der Waals surface area contributed by atoms with Crippen molar-refractivity contribution in [2.24, 2.45) is 13.0 Å². The first kappa shape index (κ1) is 10.5. The van der Waals surface area contributed by atoms with Crippen LogP contribution in [0.2, 0.25) is 0 Å². The van der Waals surface area contributed by atoms with E-state index in [0.717, 1.165) is 38.2 Å². The van der Waals surface area contributed by atoms with Crippen molar-refractivity contribution >= 4 is 5.95 Å². The second-order valence-electron chi connectivity index (χ2n) is 4.42. The van der Waals surface area contributed by atoms with E-state index in [1.807, 2.05) is 17.8 Å². The number of hydrogen-bond donors (Lipinski definition) is 2. The maximum Gasteiger partial charge on any atom is 0.202 e. The summed E-state index contributed by atoms with van der Waals surface area (Å²) in [5.74, 6) is 1.62. The second kappa shape index (κ2) is 4.66. The third kappa shape index (κ3) is 2.72. The van der Waals surface area contributed by atoms with Gasteiger partial charge in [0, 0.05) is 26.0 Å². The lowest BCUT2D eigenvalue weighted by Gasteiger charge is -2.25. The first-order chi connectivity index (χ1) is 7.25. The molecule has 1 aliphatic rings. The van der Waals surface area contributed by atoms with Gasteiger partial charge >= 0.3 is 0 Å². The average molecular weight is 209 g/mol. The molecule has 0 bridgehead atoms. The Hall–Kier alpha value is -1.03. The number of nitrogens with one attached hydrogen (secondary N) is 1. The van der Waals surface area contributed by atoms with Crippen LogP contribution in [0.15, 0.2) is 12.4 Å². The number of aliphatic hydroxyl groups is 1. The molecule has 0 spiro atoms. The van der Waals surface area contributed by atoms with E-state index in [1.165, 1.54) is 0 Å². The van der Waals surface area contributed by atoms with E-state index in [-0.39, 0.29) is 6.10 Å². The molecule has 15 heavy (non-hydrogen) atoms. The molecule has 1 saturated carbocycles. The van der Waals surface area contributed by atoms with Crippen LogP contribution in [-0.4, -0.2) is 27.3 Å². The van der Waals surface area contributed by atoms with Crippen molar-refractivity contribution in [3.05, 3.63) is 12.4 Å². The van der Waals surface area contributed by atoms with E-state index < -0.39 is 0 Å². The Morgan fingerprint density at radius 2 is 2.20 bits per heavy atom. The first-order valence-electron chi connectivity index (χ1n) is 5.65. The second-order valence-corrected chi connectivity index (χ2v) is 4.42. The Morgan fingerprint density at radius 1 is 1.47 bits per heavy atom. The summed E-state index contributed by atoms with van der Waals surface area (Å²) in [5, 5.41) is 12.7. The summed E-state index contributed by atoms with van der Waals surface area (Å²) >= 11 is 0. The van der Waals surface area contributed by atoms with Crippen LogP contribution in [0.1, 0.15) is 25.7 Å². The molecule has 84 valence electrons. The maximum absolute atomic E-state index is 9.39. The lowest BCUT2D eigenvalue weighted by molar-refractivity contribution is 0.111. The highest BCUT2D eigenvalue weighted by Gasteiger charge is 2.19. The van der Waals surface area contributed by atoms with Gasteiger partial charge in [-0.2, -0.15) is 0 Å². The molecule has 0 aliphatic heterocycles. The van der Waals surface area contributed by atoms with E-state index in [0.29, 0.717) is 5.92 Å². The normalized spacial score (nSPS) is 26.5. The van der Waals surface area contributed by atoms with Crippen LogP contribution in [0.4, 0.5) is 5.95 Å². The van der Waals surface area contributed by atoms with Crippen LogP contribution in [-0.2, 0) is 7.05 Å². The summed E-state index contributed by atoms with van der Waals surface area (Å²) in [5.41, 5.74) is 0. The smallest absolute Gasteiger partial charge is 0.202 e. The van der Waals surface area contributed by atoms with Crippen molar-refractivity contribution in [3.63, 3.8) is 0 Å². The molecule has 0 atom stereocenters. The largest absolute Gasteiger partial charge is 0.393 e. The predicted molar refractivity (Wildman–Crippen MR) is 59.7 cm³/mol. The van der Waals surface area contributed by atoms with Crippen LogP contribution in [0.5, 0.6) is 0 Å². The van der Waals surface area contributed by atoms with Crippen molar-refractivity contribution in [1.82, 2.24) is 9.55 Å². The molecule has 2 N–H and O–H groups in total. The summed E-state index contributed by atoms with van der Waals surface area (Å²) in [6.45, 7) is 0.970. The molecule has 0 radical (unpaired) electrons. The number of aryl methyl sites for hydroxylation is 1. The van der Waals surface area contributed by atoms with Gasteiger partial charge in [0.1, 0.15) is 0 Å². The van der Waals surface area contributed by atoms with Gasteiger partial charge in [-0.05, 0) is 31.6 Å². The minimum Gasteiger partial charge on any atom is -0.393 e. The van der Waals surface area contributed by atoms with E-state index >= 15 is 0 Å². The van der Waals surface area contributed by atoms with Crippen LogP contribution in [0.25, 0.3) is 0 Å². The standard InChI is InChI=1S/C11H19N3O/c1-14-7-6-12-11(14)13-8-9-2-4-10(15)5-3-9/h6-7,9-10,15H,2-5,8H2,1H3,(H,12,13). The molecular formula is C11H19N3O. The highest BCUT2D eigenvalue weighted by atomic mass is 16.3. The highest BCUT2D eigenvalue weighted by molar-refractivity contribution is 5.25. The first-order valence-corrected chi connectivity index (χ1v) is 5.65. The number of hydrogen-bond acceptors (Lipinski definition) is 3. The topological polar surface area (TPSA) is 50.1 Å². The third-order valence-corrected chi connectivity index (χ3v) is 3.19. The molecule has 1 heterocycles. The summed E-state index contributed by atoms with van der Waals surface area (Å²) in [4.78, 5) is 4.22. The quantitative estimate of drug-likeness (QED) is 0.790. The van der Waals surface area contributed by atoms with Gasteiger partial charge in [0.05, 0.1) is 6.10 Å². The van der Waals surface area contributed by atoms with E-state index in [1.54, 1.807) is 6.20 Å². The molecule has 1 fully saturated rings. The van der Waals surface area contributed by atoms with Crippen molar-refractivity contribution in [3.8, 4) is 0 Å². The maximum atomic E-state index is 9.39. The fourth-order valence-corrected chi connectivity index (χ4v) is 2.12. The van der Waals surface area contributed by atoms with Crippen molar-refractivity contribution in [2.75, 3.05) is 11.9 Å². The number of nitrogens with zero attached hydrogens (tertiary/aromatic N) is 2. The van der Waals surface area contributed by atoms with E-state index in [2.05, 4.69) is 10.3 Å². The fourth-order valence-electron chi connectivity index (χ4n) is 2.12. The van der Waals surface area contributed by atoms with E-state index in [4.69, 9.17) is 0 Å². The Labute approximate surface area is 90.3 Å². The number of rotatable bonds is 3. The van der Waals surface area contributed by atoms with Gasteiger partial charge in [-0.25, -0.2) is 4.98 Å². The van der Waals surface area contributed by atoms with Gasteiger partial charge in [0.2, 0.25) is 5.95 Å². The molecule has 1 aromatic heterocycles. The minimum absolute atomic E-state index is 0.0607. The van der Waals surface area contributed by atoms with Gasteiger partial charge in [-0.1, -0.05) is 0 Å². The molecule has 4 heteroatoms. The molecule has 4 nitrogen and oxygen atoms in total. The Kier molecular flexibility index (Phi) is 3.26. The lowest BCUT2D eigenvalue weighted by Crippen LogP contribution is -2.24. The number of aromatic nitrogens is 2. The van der Waals surface area contributed by atoms with Gasteiger partial charge < -0.3 is 15.0 Å². The molecular weight excluding hydrogens is 190 g/mol. The monoisotopic (exact) mass is 209 g/mol. The van der Waals surface area contributed by atoms with Crippen molar-refractivity contribution in [2.45, 2.75) is 31.8 Å². The summed E-state index contributed by atoms with van der Waals surface area (Å²) in [7, 11) is 1.99. The van der Waals surface area contributed by atoms with Gasteiger partial charge in [0.25, 0.3) is 0 Å². The Balaban J connectivity index is 1.77. The third-order valence-electron chi connectivity index (χ3n) is 3.19. The van der Waals surface area contributed by atoms with Gasteiger partial charge in [0.15, 0.2) is 0 Å². The molecule has 0 unspecified atom stereocenters. The minimum atomic E-state index is -0.0607. The predicted octanol–water partition coefficient (Wildman–Crippen LogP) is 1.38. The highest BCUT2D eigenvalue weighted by Crippen LogP contribution is 2.24. The molecule has 0 amide bonds. The van der Waals surface area contributed by atoms with Gasteiger partial charge in [-0.3, -0.25) is 0 Å². The molecule has 1 aromatic rings. The van der Waals surface area contributed by atoms with Crippen molar-refractivity contribution in [1.29, 1.82) is 0 Å². The molecule has 0 saturated heterocycles. The SMILES string of the molecule is Cn1ccnc1NCC1CCC(O)CC1. The Bertz CT molecular complexity index is 303. The lowest BCUT2D eigenvalue weighted by atomic mass is 9.87. The zero-order chi connectivity index (χ0) is 10.7. The molecule has 0 aromatic carbocycles.